The van der Waals surface area contributed by atoms with Crippen LogP contribution < -0.4 is 4.72 Å². The normalized spacial score (nSPS) is 10.9. The predicted molar refractivity (Wildman–Crippen MR) is 66.9 cm³/mol. The summed E-state index contributed by atoms with van der Waals surface area (Å²) in [7, 11) is -3.80. The fourth-order valence-electron chi connectivity index (χ4n) is 1.19. The van der Waals surface area contributed by atoms with E-state index in [2.05, 4.69) is 14.3 Å². The first-order valence-electron chi connectivity index (χ1n) is 4.53. The first kappa shape index (κ1) is 12.8. The largest absolute Gasteiger partial charge is 0.268 e. The van der Waals surface area contributed by atoms with E-state index in [4.69, 9.17) is 16.9 Å². The van der Waals surface area contributed by atoms with Crippen LogP contribution in [0.2, 0.25) is 5.02 Å². The summed E-state index contributed by atoms with van der Waals surface area (Å²) >= 11 is 6.75. The van der Waals surface area contributed by atoms with Gasteiger partial charge in [-0.1, -0.05) is 16.1 Å². The monoisotopic (exact) mass is 300 g/mol. The minimum absolute atomic E-state index is 0.0148. The molecule has 92 valence electrons. The van der Waals surface area contributed by atoms with Crippen molar-refractivity contribution in [1.82, 2.24) is 9.59 Å². The summed E-state index contributed by atoms with van der Waals surface area (Å²) < 4.78 is 29.8. The van der Waals surface area contributed by atoms with Gasteiger partial charge in [0, 0.05) is 11.5 Å². The van der Waals surface area contributed by atoms with Crippen molar-refractivity contribution in [2.75, 3.05) is 4.72 Å². The summed E-state index contributed by atoms with van der Waals surface area (Å²) in [6.45, 7) is 0. The van der Waals surface area contributed by atoms with Crippen LogP contribution in [0.1, 0.15) is 5.56 Å². The lowest BCUT2D eigenvalue weighted by molar-refractivity contribution is 0.601. The fraction of sp³-hybridized carbons (Fsp3) is 0. The number of hydrogen-bond donors (Lipinski definition) is 1. The molecule has 0 aliphatic carbocycles. The summed E-state index contributed by atoms with van der Waals surface area (Å²) in [4.78, 5) is -0.100. The van der Waals surface area contributed by atoms with Gasteiger partial charge < -0.3 is 0 Å². The number of aromatic nitrogens is 2. The van der Waals surface area contributed by atoms with Crippen molar-refractivity contribution in [2.45, 2.75) is 4.90 Å². The molecule has 1 N–H and O–H groups in total. The number of anilines is 1. The summed E-state index contributed by atoms with van der Waals surface area (Å²) in [6.07, 6.45) is 1.29. The molecule has 0 bridgehead atoms. The minimum atomic E-state index is -3.80. The molecule has 2 aromatic rings. The summed E-state index contributed by atoms with van der Waals surface area (Å²) in [5.74, 6) is 0. The van der Waals surface area contributed by atoms with Gasteiger partial charge in [0.1, 0.15) is 9.90 Å². The Morgan fingerprint density at radius 3 is 2.78 bits per heavy atom. The maximum atomic E-state index is 12.0. The zero-order chi connectivity index (χ0) is 13.2. The Morgan fingerprint density at radius 2 is 2.22 bits per heavy atom. The van der Waals surface area contributed by atoms with Crippen molar-refractivity contribution in [1.29, 1.82) is 5.26 Å². The van der Waals surface area contributed by atoms with E-state index >= 15 is 0 Å². The van der Waals surface area contributed by atoms with Gasteiger partial charge >= 0.3 is 0 Å². The van der Waals surface area contributed by atoms with Crippen molar-refractivity contribution in [3.05, 3.63) is 35.0 Å². The lowest BCUT2D eigenvalue weighted by Crippen LogP contribution is -2.12. The van der Waals surface area contributed by atoms with E-state index in [1.807, 2.05) is 6.07 Å². The first-order valence-corrected chi connectivity index (χ1v) is 7.16. The van der Waals surface area contributed by atoms with Gasteiger partial charge in [0.25, 0.3) is 10.0 Å². The molecule has 0 fully saturated rings. The van der Waals surface area contributed by atoms with Crippen LogP contribution in [0.4, 0.5) is 5.00 Å². The van der Waals surface area contributed by atoms with Gasteiger partial charge in [0.2, 0.25) is 0 Å². The van der Waals surface area contributed by atoms with Gasteiger partial charge in [-0.05, 0) is 18.2 Å². The molecule has 18 heavy (non-hydrogen) atoms. The smallest absolute Gasteiger partial charge is 0.264 e. The summed E-state index contributed by atoms with van der Waals surface area (Å²) in [5.41, 5.74) is 0.290. The van der Waals surface area contributed by atoms with Gasteiger partial charge in [0.05, 0.1) is 22.9 Å². The second-order valence-corrected chi connectivity index (χ2v) is 5.99. The van der Waals surface area contributed by atoms with Gasteiger partial charge in [0.15, 0.2) is 0 Å². The Kier molecular flexibility index (Phi) is 3.47. The van der Waals surface area contributed by atoms with E-state index in [1.54, 1.807) is 0 Å². The van der Waals surface area contributed by atoms with E-state index in [0.717, 1.165) is 11.5 Å². The van der Waals surface area contributed by atoms with Crippen molar-refractivity contribution in [2.24, 2.45) is 0 Å². The molecule has 1 aromatic heterocycles. The van der Waals surface area contributed by atoms with Crippen LogP contribution in [0.25, 0.3) is 0 Å². The second kappa shape index (κ2) is 4.89. The fourth-order valence-corrected chi connectivity index (χ4v) is 3.42. The van der Waals surface area contributed by atoms with Crippen LogP contribution in [-0.2, 0) is 10.0 Å². The average Bonchev–Trinajstić information content (AvgIpc) is 2.80. The van der Waals surface area contributed by atoms with E-state index < -0.39 is 10.0 Å². The zero-order valence-electron chi connectivity index (χ0n) is 8.66. The van der Waals surface area contributed by atoms with Gasteiger partial charge in [-0.2, -0.15) is 5.26 Å². The maximum absolute atomic E-state index is 12.0. The highest BCUT2D eigenvalue weighted by molar-refractivity contribution is 7.93. The Morgan fingerprint density at radius 1 is 1.44 bits per heavy atom. The van der Waals surface area contributed by atoms with Crippen LogP contribution in [0.5, 0.6) is 0 Å². The molecule has 0 aliphatic heterocycles. The molecule has 0 saturated carbocycles. The van der Waals surface area contributed by atoms with Crippen LogP contribution in [0, 0.1) is 11.3 Å². The number of halogens is 1. The predicted octanol–water partition coefficient (Wildman–Crippen LogP) is 1.86. The van der Waals surface area contributed by atoms with Gasteiger partial charge in [-0.15, -0.1) is 5.10 Å². The third-order valence-corrected chi connectivity index (χ3v) is 4.50. The maximum Gasteiger partial charge on any atom is 0.264 e. The average molecular weight is 301 g/mol. The van der Waals surface area contributed by atoms with E-state index in [0.29, 0.717) is 5.56 Å². The van der Waals surface area contributed by atoms with Crippen molar-refractivity contribution < 1.29 is 8.42 Å². The quantitative estimate of drug-likeness (QED) is 0.933. The SMILES string of the molecule is N#Cc1ccc(S(=O)(=O)Nc2cnns2)c(Cl)c1. The highest BCUT2D eigenvalue weighted by Gasteiger charge is 2.19. The number of nitrogens with zero attached hydrogens (tertiary/aromatic N) is 3. The lowest BCUT2D eigenvalue weighted by atomic mass is 10.2. The Bertz CT molecular complexity index is 707. The number of hydrogen-bond acceptors (Lipinski definition) is 6. The van der Waals surface area contributed by atoms with E-state index in [9.17, 15) is 8.42 Å². The molecule has 2 rings (SSSR count). The topological polar surface area (TPSA) is 95.7 Å². The van der Waals surface area contributed by atoms with Crippen LogP contribution in [0.15, 0.2) is 29.3 Å². The van der Waals surface area contributed by atoms with Crippen molar-refractivity contribution in [3.8, 4) is 6.07 Å². The van der Waals surface area contributed by atoms with Crippen molar-refractivity contribution in [3.63, 3.8) is 0 Å². The number of benzene rings is 1. The molecular weight excluding hydrogens is 296 g/mol. The Labute approximate surface area is 112 Å². The molecule has 0 atom stereocenters. The van der Waals surface area contributed by atoms with E-state index in [1.165, 1.54) is 24.4 Å². The summed E-state index contributed by atoms with van der Waals surface area (Å²) in [6, 6.07) is 5.82. The van der Waals surface area contributed by atoms with Gasteiger partial charge in [-0.3, -0.25) is 4.72 Å². The standard InChI is InChI=1S/C9H5ClN4O2S2/c10-7-3-6(4-11)1-2-8(7)18(15,16)13-9-5-12-14-17-9/h1-3,5,13H. The van der Waals surface area contributed by atoms with E-state index in [-0.39, 0.29) is 14.9 Å². The third-order valence-electron chi connectivity index (χ3n) is 1.95. The molecule has 0 radical (unpaired) electrons. The number of rotatable bonds is 3. The number of sulfonamides is 1. The minimum Gasteiger partial charge on any atom is -0.268 e. The first-order chi connectivity index (χ1) is 8.53. The lowest BCUT2D eigenvalue weighted by Gasteiger charge is -2.06. The Hall–Kier alpha value is -1.69. The highest BCUT2D eigenvalue weighted by Crippen LogP contribution is 2.25. The highest BCUT2D eigenvalue weighted by atomic mass is 35.5. The van der Waals surface area contributed by atoms with Crippen molar-refractivity contribution >= 4 is 38.2 Å². The third kappa shape index (κ3) is 2.59. The van der Waals surface area contributed by atoms with Crippen LogP contribution >= 0.6 is 23.1 Å². The van der Waals surface area contributed by atoms with Crippen LogP contribution in [0.3, 0.4) is 0 Å². The molecular formula is C9H5ClN4O2S2. The van der Waals surface area contributed by atoms with Crippen LogP contribution in [-0.4, -0.2) is 18.0 Å². The van der Waals surface area contributed by atoms with Gasteiger partial charge in [-0.25, -0.2) is 8.42 Å². The zero-order valence-corrected chi connectivity index (χ0v) is 11.1. The Balaban J connectivity index is 2.39. The molecule has 0 aliphatic rings. The molecule has 0 amide bonds. The number of nitriles is 1. The molecule has 6 nitrogen and oxygen atoms in total. The second-order valence-electron chi connectivity index (χ2n) is 3.14. The molecule has 0 unspecified atom stereocenters. The molecule has 1 aromatic carbocycles. The molecule has 1 heterocycles. The molecule has 0 spiro atoms. The summed E-state index contributed by atoms with van der Waals surface area (Å²) in [5, 5.41) is 12.5. The number of nitrogens with one attached hydrogen (secondary N) is 1. The molecule has 9 heteroatoms. The molecule has 0 saturated heterocycles.